The van der Waals surface area contributed by atoms with Crippen molar-refractivity contribution in [1.82, 2.24) is 40.2 Å². The van der Waals surface area contributed by atoms with Crippen molar-refractivity contribution in [3.05, 3.63) is 53.9 Å². The third-order valence-corrected chi connectivity index (χ3v) is 5.09. The molecule has 0 unspecified atom stereocenters. The minimum atomic E-state index is -0.118. The van der Waals surface area contributed by atoms with Gasteiger partial charge in [-0.05, 0) is 30.2 Å². The van der Waals surface area contributed by atoms with E-state index in [1.165, 1.54) is 4.68 Å². The van der Waals surface area contributed by atoms with E-state index in [1.54, 1.807) is 12.3 Å². The van der Waals surface area contributed by atoms with Crippen molar-refractivity contribution in [1.29, 1.82) is 0 Å². The quantitative estimate of drug-likeness (QED) is 0.667. The van der Waals surface area contributed by atoms with E-state index >= 15 is 0 Å². The Labute approximate surface area is 174 Å². The average molecular weight is 407 g/mol. The van der Waals surface area contributed by atoms with E-state index in [4.69, 9.17) is 0 Å². The number of hydrogen-bond acceptors (Lipinski definition) is 7. The summed E-state index contributed by atoms with van der Waals surface area (Å²) in [5.41, 5.74) is 4.05. The molecule has 0 spiro atoms. The van der Waals surface area contributed by atoms with Crippen molar-refractivity contribution in [2.24, 2.45) is 0 Å². The number of H-pyrrole nitrogens is 1. The fraction of sp³-hybridized carbons (Fsp3) is 0.350. The second-order valence-corrected chi connectivity index (χ2v) is 7.44. The Morgan fingerprint density at radius 1 is 1.23 bits per heavy atom. The van der Waals surface area contributed by atoms with E-state index in [2.05, 4.69) is 48.6 Å². The molecule has 10 heteroatoms. The van der Waals surface area contributed by atoms with Gasteiger partial charge in [0.25, 0.3) is 0 Å². The van der Waals surface area contributed by atoms with Crippen molar-refractivity contribution in [2.45, 2.75) is 20.4 Å². The topological polar surface area (TPSA) is 108 Å². The SMILES string of the molecule is C=C(C)Nc1ccn(C(=O)N2CCN(Cc3cccc(C)c3-c3nn[nH]n3)CC2)n1. The fourth-order valence-electron chi connectivity index (χ4n) is 3.65. The predicted molar refractivity (Wildman–Crippen MR) is 113 cm³/mol. The van der Waals surface area contributed by atoms with Crippen LogP contribution in [0.3, 0.4) is 0 Å². The lowest BCUT2D eigenvalue weighted by Gasteiger charge is -2.34. The number of tetrazole rings is 1. The van der Waals surface area contributed by atoms with E-state index in [0.29, 0.717) is 24.7 Å². The number of aromatic amines is 1. The molecule has 1 amide bonds. The molecule has 1 aromatic carbocycles. The Kier molecular flexibility index (Phi) is 5.57. The number of hydrogen-bond donors (Lipinski definition) is 2. The van der Waals surface area contributed by atoms with Crippen LogP contribution in [0.4, 0.5) is 10.6 Å². The number of amides is 1. The van der Waals surface area contributed by atoms with E-state index in [-0.39, 0.29) is 6.03 Å². The van der Waals surface area contributed by atoms with Gasteiger partial charge in [-0.25, -0.2) is 4.79 Å². The van der Waals surface area contributed by atoms with Crippen LogP contribution in [0.15, 0.2) is 42.7 Å². The summed E-state index contributed by atoms with van der Waals surface area (Å²) in [6, 6.07) is 7.83. The molecule has 4 rings (SSSR count). The molecule has 30 heavy (non-hydrogen) atoms. The van der Waals surface area contributed by atoms with E-state index in [1.807, 2.05) is 30.9 Å². The Morgan fingerprint density at radius 2 is 2.03 bits per heavy atom. The molecule has 1 aliphatic rings. The number of benzene rings is 1. The number of nitrogens with one attached hydrogen (secondary N) is 2. The minimum Gasteiger partial charge on any atom is -0.343 e. The molecule has 1 aliphatic heterocycles. The van der Waals surface area contributed by atoms with Gasteiger partial charge in [0.05, 0.1) is 0 Å². The van der Waals surface area contributed by atoms with Crippen molar-refractivity contribution in [3.63, 3.8) is 0 Å². The van der Waals surface area contributed by atoms with Crippen LogP contribution in [0, 0.1) is 6.92 Å². The van der Waals surface area contributed by atoms with Crippen molar-refractivity contribution in [2.75, 3.05) is 31.5 Å². The van der Waals surface area contributed by atoms with Gasteiger partial charge in [-0.1, -0.05) is 24.8 Å². The van der Waals surface area contributed by atoms with Crippen LogP contribution in [-0.2, 0) is 6.54 Å². The first-order valence-corrected chi connectivity index (χ1v) is 9.83. The number of carbonyl (C=O) groups excluding carboxylic acids is 1. The number of piperazine rings is 1. The van der Waals surface area contributed by atoms with Gasteiger partial charge < -0.3 is 10.2 Å². The summed E-state index contributed by atoms with van der Waals surface area (Å²) < 4.78 is 1.37. The number of carbonyl (C=O) groups is 1. The lowest BCUT2D eigenvalue weighted by Crippen LogP contribution is -2.49. The second kappa shape index (κ2) is 8.46. The van der Waals surface area contributed by atoms with Gasteiger partial charge >= 0.3 is 6.03 Å². The Hall–Kier alpha value is -3.53. The molecule has 2 aromatic heterocycles. The van der Waals surface area contributed by atoms with E-state index in [9.17, 15) is 4.79 Å². The molecular formula is C20H25N9O. The zero-order valence-corrected chi connectivity index (χ0v) is 17.2. The molecule has 1 fully saturated rings. The van der Waals surface area contributed by atoms with Gasteiger partial charge in [0.1, 0.15) is 0 Å². The Balaban J connectivity index is 1.39. The highest BCUT2D eigenvalue weighted by atomic mass is 16.2. The number of aromatic nitrogens is 6. The number of rotatable bonds is 5. The Bertz CT molecular complexity index is 1030. The maximum absolute atomic E-state index is 12.7. The van der Waals surface area contributed by atoms with Gasteiger partial charge in [0, 0.05) is 56.2 Å². The summed E-state index contributed by atoms with van der Waals surface area (Å²) in [5, 5.41) is 21.8. The minimum absolute atomic E-state index is 0.118. The molecule has 10 nitrogen and oxygen atoms in total. The maximum atomic E-state index is 12.7. The van der Waals surface area contributed by atoms with Gasteiger partial charge in [0.2, 0.25) is 5.82 Å². The molecule has 0 radical (unpaired) electrons. The molecule has 3 heterocycles. The summed E-state index contributed by atoms with van der Waals surface area (Å²) in [4.78, 5) is 16.9. The number of anilines is 1. The standard InChI is InChI=1S/C20H25N9O/c1-14(2)21-17-7-8-29(24-17)20(30)28-11-9-27(10-12-28)13-16-6-4-5-15(3)18(16)19-22-25-26-23-19/h4-8H,1,9-13H2,2-3H3,(H,21,24)(H,22,23,25,26). The van der Waals surface area contributed by atoms with Crippen LogP contribution < -0.4 is 5.32 Å². The highest BCUT2D eigenvalue weighted by Crippen LogP contribution is 2.25. The maximum Gasteiger partial charge on any atom is 0.344 e. The molecule has 0 aliphatic carbocycles. The van der Waals surface area contributed by atoms with Gasteiger partial charge in [-0.15, -0.1) is 15.3 Å². The number of allylic oxidation sites excluding steroid dienone is 1. The molecule has 156 valence electrons. The first-order valence-electron chi connectivity index (χ1n) is 9.83. The van der Waals surface area contributed by atoms with Crippen LogP contribution in [0.25, 0.3) is 11.4 Å². The first kappa shape index (κ1) is 19.8. The zero-order valence-electron chi connectivity index (χ0n) is 17.2. The van der Waals surface area contributed by atoms with Gasteiger partial charge in [0.15, 0.2) is 5.82 Å². The molecule has 1 saturated heterocycles. The number of nitrogens with zero attached hydrogens (tertiary/aromatic N) is 7. The third-order valence-electron chi connectivity index (χ3n) is 5.09. The van der Waals surface area contributed by atoms with Gasteiger partial charge in [-0.2, -0.15) is 9.90 Å². The molecule has 2 N–H and O–H groups in total. The second-order valence-electron chi connectivity index (χ2n) is 7.44. The van der Waals surface area contributed by atoms with Crippen LogP contribution in [0.1, 0.15) is 18.1 Å². The zero-order chi connectivity index (χ0) is 21.1. The molecular weight excluding hydrogens is 382 g/mol. The lowest BCUT2D eigenvalue weighted by molar-refractivity contribution is 0.134. The monoisotopic (exact) mass is 407 g/mol. The van der Waals surface area contributed by atoms with E-state index < -0.39 is 0 Å². The summed E-state index contributed by atoms with van der Waals surface area (Å²) in [7, 11) is 0. The normalized spacial score (nSPS) is 14.7. The van der Waals surface area contributed by atoms with Crippen molar-refractivity contribution < 1.29 is 4.79 Å². The largest absolute Gasteiger partial charge is 0.344 e. The number of aryl methyl sites for hydroxylation is 1. The summed E-state index contributed by atoms with van der Waals surface area (Å²) >= 11 is 0. The first-order chi connectivity index (χ1) is 14.5. The molecule has 3 aromatic rings. The fourth-order valence-corrected chi connectivity index (χ4v) is 3.65. The van der Waals surface area contributed by atoms with Crippen LogP contribution in [0.2, 0.25) is 0 Å². The summed E-state index contributed by atoms with van der Waals surface area (Å²) in [6.45, 7) is 11.3. The van der Waals surface area contributed by atoms with Gasteiger partial charge in [-0.3, -0.25) is 4.90 Å². The van der Waals surface area contributed by atoms with Crippen LogP contribution >= 0.6 is 0 Å². The van der Waals surface area contributed by atoms with Crippen molar-refractivity contribution >= 4 is 11.8 Å². The molecule has 0 atom stereocenters. The smallest absolute Gasteiger partial charge is 0.343 e. The summed E-state index contributed by atoms with van der Waals surface area (Å²) in [6.07, 6.45) is 1.67. The third kappa shape index (κ3) is 4.23. The lowest BCUT2D eigenvalue weighted by atomic mass is 10.0. The summed E-state index contributed by atoms with van der Waals surface area (Å²) in [5.74, 6) is 1.22. The Morgan fingerprint density at radius 3 is 2.73 bits per heavy atom. The van der Waals surface area contributed by atoms with E-state index in [0.717, 1.165) is 42.0 Å². The van der Waals surface area contributed by atoms with Crippen LogP contribution in [-0.4, -0.2) is 72.4 Å². The molecule has 0 saturated carbocycles. The highest BCUT2D eigenvalue weighted by Gasteiger charge is 2.24. The van der Waals surface area contributed by atoms with Crippen LogP contribution in [0.5, 0.6) is 0 Å². The van der Waals surface area contributed by atoms with Crippen molar-refractivity contribution in [3.8, 4) is 11.4 Å². The molecule has 0 bridgehead atoms. The predicted octanol–water partition coefficient (Wildman–Crippen LogP) is 2.10. The average Bonchev–Trinajstić information content (AvgIpc) is 3.40. The highest BCUT2D eigenvalue weighted by molar-refractivity contribution is 5.76.